The van der Waals surface area contributed by atoms with Gasteiger partial charge in [0.05, 0.1) is 28.3 Å². The number of hydrogen-bond donors (Lipinski definition) is 1. The van der Waals surface area contributed by atoms with E-state index in [0.717, 1.165) is 17.4 Å². The van der Waals surface area contributed by atoms with E-state index in [1.807, 2.05) is 0 Å². The van der Waals surface area contributed by atoms with Gasteiger partial charge in [0.2, 0.25) is 0 Å². The number of anilines is 1. The lowest BCUT2D eigenvalue weighted by Gasteiger charge is -2.07. The van der Waals surface area contributed by atoms with Gasteiger partial charge in [-0.3, -0.25) is 14.9 Å². The Morgan fingerprint density at radius 3 is 2.73 bits per heavy atom. The summed E-state index contributed by atoms with van der Waals surface area (Å²) in [7, 11) is 1.23. The number of nitrogens with one attached hydrogen (secondary N) is 1. The predicted molar refractivity (Wildman–Crippen MR) is 81.7 cm³/mol. The SMILES string of the molecule is COC(=O)c1sccc1NC(=O)c1cc([N+](=O)[O-])ccc1Cl. The Morgan fingerprint density at radius 1 is 1.36 bits per heavy atom. The fourth-order valence-corrected chi connectivity index (χ4v) is 2.62. The highest BCUT2D eigenvalue weighted by Gasteiger charge is 2.19. The van der Waals surface area contributed by atoms with Crippen LogP contribution >= 0.6 is 22.9 Å². The molecule has 114 valence electrons. The first-order chi connectivity index (χ1) is 10.4. The van der Waals surface area contributed by atoms with Crippen molar-refractivity contribution < 1.29 is 19.2 Å². The zero-order chi connectivity index (χ0) is 16.3. The number of thiophene rings is 1. The predicted octanol–water partition coefficient (Wildman–Crippen LogP) is 3.35. The molecular formula is C13H9ClN2O5S. The van der Waals surface area contributed by atoms with Gasteiger partial charge in [-0.1, -0.05) is 11.6 Å². The van der Waals surface area contributed by atoms with Gasteiger partial charge in [0.15, 0.2) is 0 Å². The molecule has 0 aliphatic carbocycles. The minimum absolute atomic E-state index is 0.0575. The molecular weight excluding hydrogens is 332 g/mol. The molecule has 0 aliphatic rings. The summed E-state index contributed by atoms with van der Waals surface area (Å²) in [4.78, 5) is 34.1. The standard InChI is InChI=1S/C13H9ClN2O5S/c1-21-13(18)11-10(4-5-22-11)15-12(17)8-6-7(16(19)20)2-3-9(8)14/h2-6H,1H3,(H,15,17). The van der Waals surface area contributed by atoms with Crippen LogP contribution in [0.4, 0.5) is 11.4 Å². The second kappa shape index (κ2) is 6.54. The average molecular weight is 341 g/mol. The lowest BCUT2D eigenvalue weighted by atomic mass is 10.2. The topological polar surface area (TPSA) is 98.5 Å². The van der Waals surface area contributed by atoms with Gasteiger partial charge in [0.1, 0.15) is 4.88 Å². The molecule has 0 fully saturated rings. The maximum absolute atomic E-state index is 12.2. The number of nitrogens with zero attached hydrogens (tertiary/aromatic N) is 1. The van der Waals surface area contributed by atoms with Gasteiger partial charge in [-0.15, -0.1) is 11.3 Å². The minimum atomic E-state index is -0.655. The highest BCUT2D eigenvalue weighted by atomic mass is 35.5. The van der Waals surface area contributed by atoms with E-state index in [0.29, 0.717) is 0 Å². The Labute approximate surface area is 133 Å². The van der Waals surface area contributed by atoms with Crippen LogP contribution in [0.5, 0.6) is 0 Å². The minimum Gasteiger partial charge on any atom is -0.465 e. The van der Waals surface area contributed by atoms with E-state index >= 15 is 0 Å². The summed E-state index contributed by atoms with van der Waals surface area (Å²) in [5, 5.41) is 14.9. The zero-order valence-electron chi connectivity index (χ0n) is 11.2. The number of amides is 1. The molecule has 0 atom stereocenters. The molecule has 1 amide bonds. The Morgan fingerprint density at radius 2 is 2.09 bits per heavy atom. The molecule has 0 bridgehead atoms. The normalized spacial score (nSPS) is 10.1. The summed E-state index contributed by atoms with van der Waals surface area (Å²) in [5.41, 5.74) is -0.0598. The van der Waals surface area contributed by atoms with Crippen LogP contribution in [0.3, 0.4) is 0 Å². The van der Waals surface area contributed by atoms with Crippen molar-refractivity contribution in [1.29, 1.82) is 0 Å². The molecule has 0 aliphatic heterocycles. The maximum atomic E-state index is 12.2. The van der Waals surface area contributed by atoms with Crippen LogP contribution < -0.4 is 5.32 Å². The number of carbonyl (C=O) groups is 2. The molecule has 1 heterocycles. The van der Waals surface area contributed by atoms with Crippen molar-refractivity contribution in [2.24, 2.45) is 0 Å². The number of rotatable bonds is 4. The van der Waals surface area contributed by atoms with Gasteiger partial charge < -0.3 is 10.1 Å². The van der Waals surface area contributed by atoms with E-state index in [1.54, 1.807) is 5.38 Å². The molecule has 1 aromatic carbocycles. The maximum Gasteiger partial charge on any atom is 0.350 e. The number of methoxy groups -OCH3 is 1. The summed E-state index contributed by atoms with van der Waals surface area (Å²) in [5.74, 6) is -1.24. The Balaban J connectivity index is 2.30. The third-order valence-electron chi connectivity index (χ3n) is 2.69. The van der Waals surface area contributed by atoms with Crippen LogP contribution in [0.2, 0.25) is 5.02 Å². The number of hydrogen-bond acceptors (Lipinski definition) is 6. The number of ether oxygens (including phenoxy) is 1. The number of non-ortho nitro benzene ring substituents is 1. The van der Waals surface area contributed by atoms with Crippen molar-refractivity contribution in [3.8, 4) is 0 Å². The molecule has 0 radical (unpaired) electrons. The number of carbonyl (C=O) groups excluding carboxylic acids is 2. The first-order valence-corrected chi connectivity index (χ1v) is 7.11. The Hall–Kier alpha value is -2.45. The van der Waals surface area contributed by atoms with E-state index < -0.39 is 16.8 Å². The van der Waals surface area contributed by atoms with Crippen LogP contribution in [0, 0.1) is 10.1 Å². The van der Waals surface area contributed by atoms with Crippen molar-refractivity contribution in [3.05, 3.63) is 55.2 Å². The summed E-state index contributed by atoms with van der Waals surface area (Å²) in [6.45, 7) is 0. The summed E-state index contributed by atoms with van der Waals surface area (Å²) >= 11 is 6.99. The van der Waals surface area contributed by atoms with Crippen molar-refractivity contribution in [2.45, 2.75) is 0 Å². The van der Waals surface area contributed by atoms with Gasteiger partial charge in [-0.05, 0) is 17.5 Å². The molecule has 0 unspecified atom stereocenters. The van der Waals surface area contributed by atoms with Gasteiger partial charge in [0, 0.05) is 12.1 Å². The van der Waals surface area contributed by atoms with Crippen molar-refractivity contribution in [2.75, 3.05) is 12.4 Å². The molecule has 1 aromatic heterocycles. The Bertz CT molecular complexity index is 759. The number of benzene rings is 1. The number of esters is 1. The molecule has 0 saturated carbocycles. The molecule has 2 aromatic rings. The van der Waals surface area contributed by atoms with Gasteiger partial charge in [-0.2, -0.15) is 0 Å². The van der Waals surface area contributed by atoms with Crippen LogP contribution in [0.25, 0.3) is 0 Å². The molecule has 9 heteroatoms. The van der Waals surface area contributed by atoms with Gasteiger partial charge >= 0.3 is 5.97 Å². The third-order valence-corrected chi connectivity index (χ3v) is 3.91. The zero-order valence-corrected chi connectivity index (χ0v) is 12.7. The highest BCUT2D eigenvalue weighted by molar-refractivity contribution is 7.12. The second-order valence-corrected chi connectivity index (χ2v) is 5.35. The monoisotopic (exact) mass is 340 g/mol. The van der Waals surface area contributed by atoms with E-state index in [9.17, 15) is 19.7 Å². The number of nitro benzene ring substituents is 1. The van der Waals surface area contributed by atoms with Crippen molar-refractivity contribution in [1.82, 2.24) is 0 Å². The smallest absolute Gasteiger partial charge is 0.350 e. The summed E-state index contributed by atoms with van der Waals surface area (Å²) in [6.07, 6.45) is 0. The van der Waals surface area contributed by atoms with E-state index in [4.69, 9.17) is 11.6 Å². The molecule has 0 spiro atoms. The van der Waals surface area contributed by atoms with E-state index in [-0.39, 0.29) is 26.8 Å². The lowest BCUT2D eigenvalue weighted by molar-refractivity contribution is -0.384. The first-order valence-electron chi connectivity index (χ1n) is 5.85. The van der Waals surface area contributed by atoms with Crippen LogP contribution in [-0.4, -0.2) is 23.9 Å². The molecule has 2 rings (SSSR count). The highest BCUT2D eigenvalue weighted by Crippen LogP contribution is 2.26. The number of nitro groups is 1. The fraction of sp³-hybridized carbons (Fsp3) is 0.0769. The van der Waals surface area contributed by atoms with E-state index in [2.05, 4.69) is 10.1 Å². The fourth-order valence-electron chi connectivity index (χ4n) is 1.65. The van der Waals surface area contributed by atoms with Crippen LogP contribution in [-0.2, 0) is 4.74 Å². The first kappa shape index (κ1) is 15.9. The number of halogens is 1. The van der Waals surface area contributed by atoms with Crippen molar-refractivity contribution in [3.63, 3.8) is 0 Å². The quantitative estimate of drug-likeness (QED) is 0.522. The third kappa shape index (κ3) is 3.23. The average Bonchev–Trinajstić information content (AvgIpc) is 2.94. The molecule has 0 saturated heterocycles. The van der Waals surface area contributed by atoms with Crippen LogP contribution in [0.15, 0.2) is 29.6 Å². The van der Waals surface area contributed by atoms with Gasteiger partial charge in [0.25, 0.3) is 11.6 Å². The van der Waals surface area contributed by atoms with Crippen LogP contribution in [0.1, 0.15) is 20.0 Å². The van der Waals surface area contributed by atoms with Gasteiger partial charge in [-0.25, -0.2) is 4.79 Å². The lowest BCUT2D eigenvalue weighted by Crippen LogP contribution is -2.14. The summed E-state index contributed by atoms with van der Waals surface area (Å²) in [6, 6.07) is 5.06. The Kier molecular flexibility index (Phi) is 4.74. The molecule has 22 heavy (non-hydrogen) atoms. The van der Waals surface area contributed by atoms with Crippen molar-refractivity contribution >= 4 is 46.2 Å². The summed E-state index contributed by atoms with van der Waals surface area (Å²) < 4.78 is 4.60. The largest absolute Gasteiger partial charge is 0.465 e. The molecule has 1 N–H and O–H groups in total. The van der Waals surface area contributed by atoms with E-state index in [1.165, 1.54) is 25.3 Å². The second-order valence-electron chi connectivity index (χ2n) is 4.03. The molecule has 7 nitrogen and oxygen atoms in total.